The molecule has 12 aromatic carbocycles. The molecule has 14 aromatic rings. The van der Waals surface area contributed by atoms with Crippen molar-refractivity contribution in [3.05, 3.63) is 290 Å². The Bertz CT molecular complexity index is 4220. The van der Waals surface area contributed by atoms with E-state index in [1.54, 1.807) is 0 Å². The van der Waals surface area contributed by atoms with Crippen molar-refractivity contribution in [2.24, 2.45) is 0 Å². The first kappa shape index (κ1) is 46.4. The molecule has 2 heterocycles. The topological polar surface area (TPSA) is 32.8 Å². The monoisotopic (exact) mass is 1000 g/mol. The zero-order valence-corrected chi connectivity index (χ0v) is 43.3. The van der Waals surface area contributed by atoms with Gasteiger partial charge in [0.2, 0.25) is 0 Å². The Kier molecular flexibility index (Phi) is 11.6. The summed E-state index contributed by atoms with van der Waals surface area (Å²) >= 11 is 0. The lowest BCUT2D eigenvalue weighted by molar-refractivity contribution is 0.668. The molecule has 0 saturated carbocycles. The van der Waals surface area contributed by atoms with Crippen LogP contribution in [-0.2, 0) is 0 Å². The number of furan rings is 2. The van der Waals surface area contributed by atoms with E-state index in [-0.39, 0.29) is 0 Å². The smallest absolute Gasteiger partial charge is 0.135 e. The predicted molar refractivity (Wildman–Crippen MR) is 327 cm³/mol. The highest BCUT2D eigenvalue weighted by Gasteiger charge is 2.24. The molecule has 0 atom stereocenters. The summed E-state index contributed by atoms with van der Waals surface area (Å²) in [6.45, 7) is 4.47. The Labute approximate surface area is 454 Å². The first-order chi connectivity index (χ1) is 38.5. The molecule has 0 bridgehead atoms. The van der Waals surface area contributed by atoms with E-state index in [1.807, 2.05) is 24.3 Å². The summed E-state index contributed by atoms with van der Waals surface area (Å²) < 4.78 is 12.7. The highest BCUT2D eigenvalue weighted by Crippen LogP contribution is 2.47. The molecular formula is C74H52N2O2. The maximum atomic E-state index is 6.36. The minimum atomic E-state index is 0.866. The van der Waals surface area contributed by atoms with Gasteiger partial charge in [0.1, 0.15) is 22.3 Å². The van der Waals surface area contributed by atoms with Crippen LogP contribution >= 0.6 is 0 Å². The molecular weight excluding hydrogens is 949 g/mol. The first-order valence-corrected chi connectivity index (χ1v) is 26.6. The summed E-state index contributed by atoms with van der Waals surface area (Å²) in [7, 11) is 0. The van der Waals surface area contributed by atoms with Gasteiger partial charge in [0.05, 0.1) is 11.4 Å². The fourth-order valence-corrected chi connectivity index (χ4v) is 11.5. The van der Waals surface area contributed by atoms with E-state index in [0.29, 0.717) is 0 Å². The number of hydrogen-bond acceptors (Lipinski definition) is 4. The molecule has 78 heavy (non-hydrogen) atoms. The van der Waals surface area contributed by atoms with Crippen molar-refractivity contribution in [1.82, 2.24) is 0 Å². The molecule has 2 aromatic heterocycles. The highest BCUT2D eigenvalue weighted by molar-refractivity contribution is 6.08. The second-order valence-electron chi connectivity index (χ2n) is 20.2. The summed E-state index contributed by atoms with van der Waals surface area (Å²) in [6, 6.07) is 100. The highest BCUT2D eigenvalue weighted by atomic mass is 16.3. The van der Waals surface area contributed by atoms with Crippen LogP contribution in [0.25, 0.3) is 99.5 Å². The number of benzene rings is 12. The predicted octanol–water partition coefficient (Wildman–Crippen LogP) is 21.4. The average molecular weight is 1000 g/mol. The maximum Gasteiger partial charge on any atom is 0.135 e. The van der Waals surface area contributed by atoms with E-state index in [1.165, 1.54) is 22.3 Å². The standard InChI is InChI=1S/C74H52N2O2/c1-49-45-57(37-41-67(49)75(59-39-43-73-65(47-59)63-23-11-15-27-71(63)77-73)69-25-13-9-21-61(69)55-33-29-53(30-34-55)51-17-5-3-6-18-51)58-38-42-68(50(2)46-58)76(60-40-44-74-66(48-60)64-24-12-16-28-72(64)78-74)70-26-14-10-22-62(70)56-35-31-54(32-36-56)52-19-7-4-8-20-52/h3-48H,1-2H3. The number of aryl methyl sites for hydroxylation is 2. The molecule has 0 N–H and O–H groups in total. The summed E-state index contributed by atoms with van der Waals surface area (Å²) in [6.07, 6.45) is 0. The fraction of sp³-hybridized carbons (Fsp3) is 0.0270. The third-order valence-electron chi connectivity index (χ3n) is 15.3. The van der Waals surface area contributed by atoms with Crippen molar-refractivity contribution >= 4 is 78.0 Å². The molecule has 0 unspecified atom stereocenters. The van der Waals surface area contributed by atoms with Crippen molar-refractivity contribution in [3.8, 4) is 55.6 Å². The second kappa shape index (κ2) is 19.5. The van der Waals surface area contributed by atoms with Crippen molar-refractivity contribution in [2.45, 2.75) is 13.8 Å². The maximum absolute atomic E-state index is 6.36. The lowest BCUT2D eigenvalue weighted by atomic mass is 9.96. The minimum Gasteiger partial charge on any atom is -0.456 e. The van der Waals surface area contributed by atoms with Crippen molar-refractivity contribution in [1.29, 1.82) is 0 Å². The van der Waals surface area contributed by atoms with Crippen molar-refractivity contribution in [3.63, 3.8) is 0 Å². The zero-order chi connectivity index (χ0) is 52.1. The largest absolute Gasteiger partial charge is 0.456 e. The fourth-order valence-electron chi connectivity index (χ4n) is 11.5. The molecule has 0 fully saturated rings. The van der Waals surface area contributed by atoms with Gasteiger partial charge >= 0.3 is 0 Å². The van der Waals surface area contributed by atoms with Gasteiger partial charge in [0.25, 0.3) is 0 Å². The number of hydrogen-bond donors (Lipinski definition) is 0. The molecule has 0 spiro atoms. The third kappa shape index (κ3) is 8.37. The number of anilines is 6. The molecule has 0 aliphatic heterocycles. The van der Waals surface area contributed by atoms with Gasteiger partial charge < -0.3 is 18.6 Å². The van der Waals surface area contributed by atoms with Crippen LogP contribution in [0.3, 0.4) is 0 Å². The van der Waals surface area contributed by atoms with Gasteiger partial charge in [-0.05, 0) is 154 Å². The molecule has 14 rings (SSSR count). The number of para-hydroxylation sites is 4. The number of rotatable bonds is 11. The van der Waals surface area contributed by atoms with Gasteiger partial charge in [-0.3, -0.25) is 0 Å². The minimum absolute atomic E-state index is 0.866. The Morgan fingerprint density at radius 1 is 0.231 bits per heavy atom. The number of fused-ring (bicyclic) bond motifs is 6. The lowest BCUT2D eigenvalue weighted by Crippen LogP contribution is -2.13. The van der Waals surface area contributed by atoms with Crippen LogP contribution in [-0.4, -0.2) is 0 Å². The number of nitrogens with zero attached hydrogens (tertiary/aromatic N) is 2. The van der Waals surface area contributed by atoms with E-state index < -0.39 is 0 Å². The van der Waals surface area contributed by atoms with Crippen LogP contribution < -0.4 is 9.80 Å². The van der Waals surface area contributed by atoms with E-state index in [4.69, 9.17) is 8.83 Å². The average Bonchev–Trinajstić information content (AvgIpc) is 4.17. The molecule has 0 aliphatic carbocycles. The molecule has 0 saturated heterocycles. The van der Waals surface area contributed by atoms with Crippen LogP contribution in [0.5, 0.6) is 0 Å². The van der Waals surface area contributed by atoms with E-state index in [2.05, 4.69) is 278 Å². The molecule has 0 amide bonds. The third-order valence-corrected chi connectivity index (χ3v) is 15.3. The van der Waals surface area contributed by atoms with Crippen LogP contribution in [0.1, 0.15) is 11.1 Å². The summed E-state index contributed by atoms with van der Waals surface area (Å²) in [5.74, 6) is 0. The molecule has 370 valence electrons. The Morgan fingerprint density at radius 2 is 0.564 bits per heavy atom. The van der Waals surface area contributed by atoms with Gasteiger partial charge in [-0.25, -0.2) is 0 Å². The van der Waals surface area contributed by atoms with Gasteiger partial charge in [-0.1, -0.05) is 194 Å². The summed E-state index contributed by atoms with van der Waals surface area (Å²) in [5.41, 5.74) is 23.9. The lowest BCUT2D eigenvalue weighted by Gasteiger charge is -2.30. The normalized spacial score (nSPS) is 11.5. The molecule has 4 nitrogen and oxygen atoms in total. The van der Waals surface area contributed by atoms with Gasteiger partial charge in [0.15, 0.2) is 0 Å². The summed E-state index contributed by atoms with van der Waals surface area (Å²) in [5, 5.41) is 4.36. The van der Waals surface area contributed by atoms with Crippen molar-refractivity contribution in [2.75, 3.05) is 9.80 Å². The Hall–Kier alpha value is -10.2. The van der Waals surface area contributed by atoms with Gasteiger partial charge in [-0.2, -0.15) is 0 Å². The van der Waals surface area contributed by atoms with Crippen molar-refractivity contribution < 1.29 is 8.83 Å². The summed E-state index contributed by atoms with van der Waals surface area (Å²) in [4.78, 5) is 4.83. The molecule has 4 heteroatoms. The quantitative estimate of drug-likeness (QED) is 0.129. The van der Waals surface area contributed by atoms with Crippen LogP contribution in [0.2, 0.25) is 0 Å². The van der Waals surface area contributed by atoms with Crippen LogP contribution in [0.15, 0.2) is 288 Å². The van der Waals surface area contributed by atoms with E-state index >= 15 is 0 Å². The molecule has 0 aliphatic rings. The van der Waals surface area contributed by atoms with E-state index in [0.717, 1.165) is 123 Å². The first-order valence-electron chi connectivity index (χ1n) is 26.6. The SMILES string of the molecule is Cc1cc(-c2ccc(N(c3ccc4oc5ccccc5c4c3)c3ccccc3-c3ccc(-c4ccccc4)cc3)c(C)c2)ccc1N(c1ccc2oc3ccccc3c2c1)c1ccccc1-c1ccc(-c2ccccc2)cc1. The zero-order valence-electron chi connectivity index (χ0n) is 43.3. The van der Waals surface area contributed by atoms with Crippen LogP contribution in [0, 0.1) is 13.8 Å². The van der Waals surface area contributed by atoms with E-state index in [9.17, 15) is 0 Å². The Balaban J connectivity index is 0.871. The van der Waals surface area contributed by atoms with Gasteiger partial charge in [0, 0.05) is 55.4 Å². The Morgan fingerprint density at radius 3 is 0.987 bits per heavy atom. The second-order valence-corrected chi connectivity index (χ2v) is 20.2. The molecule has 0 radical (unpaired) electrons. The van der Waals surface area contributed by atoms with Gasteiger partial charge in [-0.15, -0.1) is 0 Å². The van der Waals surface area contributed by atoms with Crippen LogP contribution in [0.4, 0.5) is 34.1 Å².